The van der Waals surface area contributed by atoms with Crippen LogP contribution in [0.15, 0.2) is 6.07 Å². The predicted octanol–water partition coefficient (Wildman–Crippen LogP) is 2.11. The second-order valence-corrected chi connectivity index (χ2v) is 5.76. The van der Waals surface area contributed by atoms with Crippen LogP contribution in [-0.4, -0.2) is 27.7 Å². The van der Waals surface area contributed by atoms with E-state index in [1.165, 1.54) is 4.88 Å². The molecule has 2 aromatic heterocycles. The molecule has 0 aliphatic heterocycles. The van der Waals surface area contributed by atoms with Crippen molar-refractivity contribution in [3.63, 3.8) is 0 Å². The summed E-state index contributed by atoms with van der Waals surface area (Å²) in [5, 5.41) is 14.0. The molecular formula is C13H21N5OS. The van der Waals surface area contributed by atoms with Gasteiger partial charge in [0, 0.05) is 11.4 Å². The lowest BCUT2D eigenvalue weighted by Crippen LogP contribution is -2.20. The molecule has 0 saturated carbocycles. The van der Waals surface area contributed by atoms with Crippen LogP contribution in [0.1, 0.15) is 31.6 Å². The van der Waals surface area contributed by atoms with Crippen molar-refractivity contribution in [2.45, 2.75) is 39.2 Å². The summed E-state index contributed by atoms with van der Waals surface area (Å²) >= 11 is 1.64. The molecule has 0 radical (unpaired) electrons. The van der Waals surface area contributed by atoms with Crippen molar-refractivity contribution in [1.82, 2.24) is 9.97 Å². The van der Waals surface area contributed by atoms with Gasteiger partial charge in [-0.05, 0) is 18.9 Å². The molecule has 1 atom stereocenters. The maximum absolute atomic E-state index is 9.82. The number of aryl methyl sites for hydroxylation is 1. The van der Waals surface area contributed by atoms with Gasteiger partial charge >= 0.3 is 0 Å². The van der Waals surface area contributed by atoms with E-state index in [1.54, 1.807) is 11.3 Å². The molecule has 2 heterocycles. The van der Waals surface area contributed by atoms with E-state index in [0.29, 0.717) is 18.3 Å². The second kappa shape index (κ2) is 6.83. The highest BCUT2D eigenvalue weighted by atomic mass is 32.1. The van der Waals surface area contributed by atoms with Gasteiger partial charge in [-0.25, -0.2) is 10.8 Å². The van der Waals surface area contributed by atoms with E-state index in [4.69, 9.17) is 5.84 Å². The highest BCUT2D eigenvalue weighted by Gasteiger charge is 2.12. The zero-order valence-electron chi connectivity index (χ0n) is 11.8. The zero-order valence-corrected chi connectivity index (χ0v) is 12.6. The third kappa shape index (κ3) is 3.36. The fraction of sp³-hybridized carbons (Fsp3) is 0.538. The molecular weight excluding hydrogens is 274 g/mol. The van der Waals surface area contributed by atoms with Gasteiger partial charge in [0.1, 0.15) is 10.6 Å². The Balaban J connectivity index is 2.27. The van der Waals surface area contributed by atoms with Crippen LogP contribution in [0, 0.1) is 0 Å². The van der Waals surface area contributed by atoms with Crippen LogP contribution < -0.4 is 16.6 Å². The number of nitrogen functional groups attached to an aromatic ring is 1. The number of thiophene rings is 1. The monoisotopic (exact) mass is 295 g/mol. The van der Waals surface area contributed by atoms with Gasteiger partial charge in [-0.3, -0.25) is 5.43 Å². The molecule has 0 fully saturated rings. The van der Waals surface area contributed by atoms with Crippen LogP contribution in [0.25, 0.3) is 10.2 Å². The highest BCUT2D eigenvalue weighted by Crippen LogP contribution is 2.30. The van der Waals surface area contributed by atoms with Gasteiger partial charge in [0.25, 0.3) is 0 Å². The summed E-state index contributed by atoms with van der Waals surface area (Å²) < 4.78 is 0. The highest BCUT2D eigenvalue weighted by molar-refractivity contribution is 7.18. The van der Waals surface area contributed by atoms with Crippen LogP contribution in [0.4, 0.5) is 11.8 Å². The van der Waals surface area contributed by atoms with Crippen LogP contribution >= 0.6 is 11.3 Å². The first kappa shape index (κ1) is 15.0. The van der Waals surface area contributed by atoms with E-state index in [0.717, 1.165) is 29.5 Å². The molecule has 0 bridgehead atoms. The van der Waals surface area contributed by atoms with Crippen LogP contribution in [0.5, 0.6) is 0 Å². The minimum Gasteiger partial charge on any atom is -0.391 e. The van der Waals surface area contributed by atoms with Gasteiger partial charge in [-0.1, -0.05) is 20.3 Å². The lowest BCUT2D eigenvalue weighted by Gasteiger charge is -2.12. The summed E-state index contributed by atoms with van der Waals surface area (Å²) in [5.41, 5.74) is 2.48. The number of aliphatic hydroxyl groups is 1. The number of aromatic nitrogens is 2. The third-order valence-electron chi connectivity index (χ3n) is 3.05. The van der Waals surface area contributed by atoms with E-state index < -0.39 is 0 Å². The van der Waals surface area contributed by atoms with Gasteiger partial charge < -0.3 is 10.4 Å². The molecule has 0 spiro atoms. The minimum absolute atomic E-state index is 0.372. The molecule has 6 nitrogen and oxygen atoms in total. The summed E-state index contributed by atoms with van der Waals surface area (Å²) in [6.07, 6.45) is 2.32. The lowest BCUT2D eigenvalue weighted by atomic mass is 10.2. The topological polar surface area (TPSA) is 96.1 Å². The number of rotatable bonds is 7. The number of aliphatic hydroxyl groups excluding tert-OH is 1. The van der Waals surface area contributed by atoms with E-state index >= 15 is 0 Å². The average molecular weight is 295 g/mol. The summed E-state index contributed by atoms with van der Waals surface area (Å²) in [7, 11) is 0. The molecule has 1 unspecified atom stereocenters. The first-order valence-corrected chi connectivity index (χ1v) is 7.68. The first-order valence-electron chi connectivity index (χ1n) is 6.86. The molecule has 7 heteroatoms. The Bertz CT molecular complexity index is 571. The maximum atomic E-state index is 9.82. The van der Waals surface area contributed by atoms with Crippen molar-refractivity contribution in [3.8, 4) is 0 Å². The molecule has 0 aliphatic carbocycles. The number of fused-ring (bicyclic) bond motifs is 1. The van der Waals surface area contributed by atoms with Gasteiger partial charge in [0.05, 0.1) is 11.5 Å². The minimum atomic E-state index is -0.372. The number of nitrogens with two attached hydrogens (primary N) is 1. The third-order valence-corrected chi connectivity index (χ3v) is 4.22. The predicted molar refractivity (Wildman–Crippen MR) is 84.0 cm³/mol. The van der Waals surface area contributed by atoms with Crippen molar-refractivity contribution in [3.05, 3.63) is 10.9 Å². The summed E-state index contributed by atoms with van der Waals surface area (Å²) in [6, 6.07) is 2.09. The van der Waals surface area contributed by atoms with E-state index in [9.17, 15) is 5.11 Å². The van der Waals surface area contributed by atoms with Crippen molar-refractivity contribution in [2.24, 2.45) is 5.84 Å². The number of anilines is 2. The largest absolute Gasteiger partial charge is 0.391 e. The van der Waals surface area contributed by atoms with Crippen molar-refractivity contribution < 1.29 is 5.11 Å². The smallest absolute Gasteiger partial charge is 0.240 e. The van der Waals surface area contributed by atoms with Gasteiger partial charge in [0.2, 0.25) is 5.95 Å². The Hall–Kier alpha value is -1.44. The second-order valence-electron chi connectivity index (χ2n) is 4.65. The van der Waals surface area contributed by atoms with E-state index in [2.05, 4.69) is 40.6 Å². The number of hydrogen-bond acceptors (Lipinski definition) is 7. The van der Waals surface area contributed by atoms with Crippen molar-refractivity contribution in [2.75, 3.05) is 17.3 Å². The molecule has 0 amide bonds. The Morgan fingerprint density at radius 3 is 2.85 bits per heavy atom. The fourth-order valence-electron chi connectivity index (χ4n) is 1.99. The van der Waals surface area contributed by atoms with Crippen molar-refractivity contribution in [1.29, 1.82) is 0 Å². The summed E-state index contributed by atoms with van der Waals surface area (Å²) in [5.74, 6) is 6.51. The molecule has 0 aromatic carbocycles. The SMILES string of the molecule is CCCC(O)CNc1nc(NN)nc2sc(CC)cc12. The number of hydrogen-bond donors (Lipinski definition) is 4. The Morgan fingerprint density at radius 1 is 1.40 bits per heavy atom. The van der Waals surface area contributed by atoms with Gasteiger partial charge in [-0.15, -0.1) is 11.3 Å². The van der Waals surface area contributed by atoms with Crippen LogP contribution in [0.2, 0.25) is 0 Å². The molecule has 20 heavy (non-hydrogen) atoms. The molecule has 0 saturated heterocycles. The molecule has 5 N–H and O–H groups in total. The lowest BCUT2D eigenvalue weighted by molar-refractivity contribution is 0.176. The fourth-order valence-corrected chi connectivity index (χ4v) is 2.96. The number of nitrogens with zero attached hydrogens (tertiary/aromatic N) is 2. The van der Waals surface area contributed by atoms with Gasteiger partial charge in [0.15, 0.2) is 0 Å². The van der Waals surface area contributed by atoms with Crippen LogP contribution in [0.3, 0.4) is 0 Å². The van der Waals surface area contributed by atoms with Crippen molar-refractivity contribution >= 4 is 33.3 Å². The first-order chi connectivity index (χ1) is 9.67. The number of hydrazine groups is 1. The standard InChI is InChI=1S/C13H21N5OS/c1-3-5-8(19)7-15-11-10-6-9(4-2)20-12(10)17-13(16-11)18-14/h6,8,19H,3-5,7,14H2,1-2H3,(H2,15,16,17,18). The Morgan fingerprint density at radius 2 is 2.20 bits per heavy atom. The van der Waals surface area contributed by atoms with Crippen LogP contribution in [-0.2, 0) is 6.42 Å². The normalized spacial score (nSPS) is 12.6. The average Bonchev–Trinajstić information content (AvgIpc) is 2.87. The molecule has 0 aliphatic rings. The molecule has 110 valence electrons. The van der Waals surface area contributed by atoms with E-state index in [-0.39, 0.29) is 6.10 Å². The quantitative estimate of drug-likeness (QED) is 0.461. The maximum Gasteiger partial charge on any atom is 0.240 e. The van der Waals surface area contributed by atoms with Gasteiger partial charge in [-0.2, -0.15) is 4.98 Å². The summed E-state index contributed by atoms with van der Waals surface area (Å²) in [6.45, 7) is 4.63. The van der Waals surface area contributed by atoms with E-state index in [1.807, 2.05) is 0 Å². The zero-order chi connectivity index (χ0) is 14.5. The Labute approximate surface area is 122 Å². The number of nitrogens with one attached hydrogen (secondary N) is 2. The molecule has 2 rings (SSSR count). The summed E-state index contributed by atoms with van der Waals surface area (Å²) in [4.78, 5) is 10.8. The Kier molecular flexibility index (Phi) is 5.11. The molecule has 2 aromatic rings.